The fourth-order valence-electron chi connectivity index (χ4n) is 4.14. The van der Waals surface area contributed by atoms with Gasteiger partial charge in [-0.2, -0.15) is 0 Å². The van der Waals surface area contributed by atoms with Gasteiger partial charge < -0.3 is 15.3 Å². The smallest absolute Gasteiger partial charge is 0.251 e. The molecule has 1 atom stereocenters. The van der Waals surface area contributed by atoms with Crippen LogP contribution in [-0.4, -0.2) is 37.5 Å². The summed E-state index contributed by atoms with van der Waals surface area (Å²) in [7, 11) is 0. The molecule has 0 radical (unpaired) electrons. The Hall–Kier alpha value is -2.77. The number of nitrogens with zero attached hydrogens (tertiary/aromatic N) is 4. The average molecular weight is 393 g/mol. The summed E-state index contributed by atoms with van der Waals surface area (Å²) in [6.45, 7) is 6.43. The van der Waals surface area contributed by atoms with Gasteiger partial charge in [-0.3, -0.25) is 9.69 Å². The predicted molar refractivity (Wildman–Crippen MR) is 113 cm³/mol. The molecule has 4 rings (SSSR count). The lowest BCUT2D eigenvalue weighted by Gasteiger charge is -2.33. The topological polar surface area (TPSA) is 92.8 Å². The van der Waals surface area contributed by atoms with E-state index in [0.29, 0.717) is 17.4 Å². The molecule has 7 nitrogen and oxygen atoms in total. The summed E-state index contributed by atoms with van der Waals surface area (Å²) < 4.78 is 2.25. The number of nitrogens with two attached hydrogens (primary N) is 1. The number of imidazole rings is 1. The Morgan fingerprint density at radius 1 is 1.31 bits per heavy atom. The van der Waals surface area contributed by atoms with Crippen LogP contribution in [0.2, 0.25) is 0 Å². The zero-order valence-corrected chi connectivity index (χ0v) is 16.8. The molecule has 1 saturated heterocycles. The van der Waals surface area contributed by atoms with Crippen LogP contribution in [0.25, 0.3) is 11.4 Å². The van der Waals surface area contributed by atoms with Crippen molar-refractivity contribution in [2.24, 2.45) is 11.7 Å². The van der Waals surface area contributed by atoms with Gasteiger partial charge in [0, 0.05) is 50.2 Å². The van der Waals surface area contributed by atoms with Crippen LogP contribution in [0, 0.1) is 12.8 Å². The summed E-state index contributed by atoms with van der Waals surface area (Å²) >= 11 is 0. The van der Waals surface area contributed by atoms with Crippen molar-refractivity contribution < 1.29 is 0 Å². The van der Waals surface area contributed by atoms with Crippen molar-refractivity contribution in [3.05, 3.63) is 70.2 Å². The van der Waals surface area contributed by atoms with E-state index in [-0.39, 0.29) is 12.1 Å². The molecular weight excluding hydrogens is 364 g/mol. The molecule has 29 heavy (non-hydrogen) atoms. The van der Waals surface area contributed by atoms with Crippen LogP contribution in [0.15, 0.2) is 47.5 Å². The highest BCUT2D eigenvalue weighted by Gasteiger charge is 2.21. The summed E-state index contributed by atoms with van der Waals surface area (Å²) in [5, 5.41) is 0. The predicted octanol–water partition coefficient (Wildman–Crippen LogP) is 2.31. The number of rotatable bonds is 6. The van der Waals surface area contributed by atoms with Crippen LogP contribution in [0.1, 0.15) is 29.9 Å². The number of H-pyrrole nitrogens is 1. The molecule has 0 amide bonds. The summed E-state index contributed by atoms with van der Waals surface area (Å²) in [4.78, 5) is 26.0. The Balaban J connectivity index is 1.46. The van der Waals surface area contributed by atoms with Gasteiger partial charge in [-0.25, -0.2) is 9.97 Å². The summed E-state index contributed by atoms with van der Waals surface area (Å²) in [5.41, 5.74) is 8.23. The number of likely N-dealkylation sites (tertiary alicyclic amines) is 1. The second-order valence-corrected chi connectivity index (χ2v) is 7.86. The molecule has 0 aliphatic carbocycles. The van der Waals surface area contributed by atoms with Gasteiger partial charge in [0.1, 0.15) is 11.6 Å². The normalized spacial score (nSPS) is 17.5. The quantitative estimate of drug-likeness (QED) is 0.672. The molecule has 2 aromatic heterocycles. The van der Waals surface area contributed by atoms with Crippen LogP contribution >= 0.6 is 0 Å². The number of aryl methyl sites for hydroxylation is 1. The first-order valence-corrected chi connectivity index (χ1v) is 10.2. The highest BCUT2D eigenvalue weighted by molar-refractivity contribution is 5.56. The minimum atomic E-state index is -0.172. The number of benzene rings is 1. The van der Waals surface area contributed by atoms with Crippen LogP contribution < -0.4 is 11.3 Å². The number of aromatic nitrogens is 4. The van der Waals surface area contributed by atoms with Crippen molar-refractivity contribution in [1.29, 1.82) is 0 Å². The molecular formula is C22H28N6O. The van der Waals surface area contributed by atoms with Gasteiger partial charge in [0.25, 0.3) is 5.56 Å². The van der Waals surface area contributed by atoms with Crippen LogP contribution in [0.4, 0.5) is 0 Å². The summed E-state index contributed by atoms with van der Waals surface area (Å²) in [6, 6.07) is 9.70. The van der Waals surface area contributed by atoms with Gasteiger partial charge in [0.15, 0.2) is 0 Å². The first-order chi connectivity index (χ1) is 14.1. The maximum atomic E-state index is 11.9. The summed E-state index contributed by atoms with van der Waals surface area (Å²) in [6.07, 6.45) is 6.41. The zero-order chi connectivity index (χ0) is 20.2. The first-order valence-electron chi connectivity index (χ1n) is 10.2. The highest BCUT2D eigenvalue weighted by Crippen LogP contribution is 2.22. The van der Waals surface area contributed by atoms with Crippen molar-refractivity contribution in [3.63, 3.8) is 0 Å². The van der Waals surface area contributed by atoms with Crippen molar-refractivity contribution in [3.8, 4) is 11.4 Å². The molecule has 0 saturated carbocycles. The minimum absolute atomic E-state index is 0.172. The molecule has 7 heteroatoms. The van der Waals surface area contributed by atoms with Crippen molar-refractivity contribution in [1.82, 2.24) is 24.4 Å². The molecule has 3 aromatic rings. The van der Waals surface area contributed by atoms with Gasteiger partial charge in [-0.15, -0.1) is 0 Å². The maximum absolute atomic E-state index is 11.9. The number of piperidine rings is 1. The van der Waals surface area contributed by atoms with Gasteiger partial charge in [0.05, 0.1) is 5.69 Å². The Morgan fingerprint density at radius 3 is 3.00 bits per heavy atom. The molecule has 1 fully saturated rings. The van der Waals surface area contributed by atoms with Gasteiger partial charge >= 0.3 is 0 Å². The SMILES string of the molecule is Cc1nccn1CC1CCCN(Cc2cccc(-c3nc(CN)cc(=O)[nH]3)c2)C1. The molecule has 3 heterocycles. The molecule has 152 valence electrons. The third-order valence-electron chi connectivity index (χ3n) is 5.59. The van der Waals surface area contributed by atoms with E-state index >= 15 is 0 Å². The second-order valence-electron chi connectivity index (χ2n) is 7.86. The molecule has 1 aliphatic heterocycles. The number of hydrogen-bond donors (Lipinski definition) is 2. The lowest BCUT2D eigenvalue weighted by Crippen LogP contribution is -2.36. The van der Waals surface area contributed by atoms with Crippen LogP contribution in [0.5, 0.6) is 0 Å². The second kappa shape index (κ2) is 8.71. The fraction of sp³-hybridized carbons (Fsp3) is 0.409. The largest absolute Gasteiger partial charge is 0.335 e. The lowest BCUT2D eigenvalue weighted by molar-refractivity contribution is 0.155. The van der Waals surface area contributed by atoms with E-state index < -0.39 is 0 Å². The molecule has 1 unspecified atom stereocenters. The zero-order valence-electron chi connectivity index (χ0n) is 16.8. The molecule has 0 spiro atoms. The van der Waals surface area contributed by atoms with Crippen molar-refractivity contribution >= 4 is 0 Å². The van der Waals surface area contributed by atoms with E-state index in [9.17, 15) is 4.79 Å². The summed E-state index contributed by atoms with van der Waals surface area (Å²) in [5.74, 6) is 2.29. The maximum Gasteiger partial charge on any atom is 0.251 e. The van der Waals surface area contributed by atoms with E-state index in [1.165, 1.54) is 24.5 Å². The van der Waals surface area contributed by atoms with Gasteiger partial charge in [-0.1, -0.05) is 18.2 Å². The van der Waals surface area contributed by atoms with E-state index in [0.717, 1.165) is 37.6 Å². The van der Waals surface area contributed by atoms with Crippen molar-refractivity contribution in [2.75, 3.05) is 13.1 Å². The first kappa shape index (κ1) is 19.5. The average Bonchev–Trinajstić information content (AvgIpc) is 3.12. The van der Waals surface area contributed by atoms with E-state index in [4.69, 9.17) is 5.73 Å². The molecule has 1 aliphatic rings. The fourth-order valence-corrected chi connectivity index (χ4v) is 4.14. The Labute approximate surface area is 170 Å². The number of hydrogen-bond acceptors (Lipinski definition) is 5. The minimum Gasteiger partial charge on any atom is -0.335 e. The number of aromatic amines is 1. The van der Waals surface area contributed by atoms with E-state index in [2.05, 4.69) is 49.7 Å². The number of nitrogens with one attached hydrogen (secondary N) is 1. The Morgan fingerprint density at radius 2 is 2.21 bits per heavy atom. The van der Waals surface area contributed by atoms with Gasteiger partial charge in [0.2, 0.25) is 0 Å². The van der Waals surface area contributed by atoms with E-state index in [1.807, 2.05) is 18.3 Å². The molecule has 3 N–H and O–H groups in total. The van der Waals surface area contributed by atoms with Gasteiger partial charge in [-0.05, 0) is 43.9 Å². The van der Waals surface area contributed by atoms with Crippen LogP contribution in [-0.2, 0) is 19.6 Å². The third-order valence-corrected chi connectivity index (χ3v) is 5.59. The Bertz CT molecular complexity index is 1020. The van der Waals surface area contributed by atoms with Crippen LogP contribution in [0.3, 0.4) is 0 Å². The molecule has 1 aromatic carbocycles. The highest BCUT2D eigenvalue weighted by atomic mass is 16.1. The standard InChI is InChI=1S/C22H28N6O/c1-16-24-7-9-28(16)15-18-5-3-8-27(14-18)13-17-4-2-6-19(10-17)22-25-20(12-23)11-21(29)26-22/h2,4,6-7,9-11,18H,3,5,8,12-15,23H2,1H3,(H,25,26,29). The lowest BCUT2D eigenvalue weighted by atomic mass is 9.97. The van der Waals surface area contributed by atoms with Crippen molar-refractivity contribution in [2.45, 2.75) is 39.4 Å². The Kier molecular flexibility index (Phi) is 5.87. The third kappa shape index (κ3) is 4.81. The molecule has 0 bridgehead atoms. The monoisotopic (exact) mass is 392 g/mol. The van der Waals surface area contributed by atoms with E-state index in [1.54, 1.807) is 0 Å².